The molecule has 132 valence electrons. The summed E-state index contributed by atoms with van der Waals surface area (Å²) < 4.78 is 0. The van der Waals surface area contributed by atoms with Gasteiger partial charge < -0.3 is 15.2 Å². The van der Waals surface area contributed by atoms with Crippen LogP contribution in [0.3, 0.4) is 0 Å². The highest BCUT2D eigenvalue weighted by Gasteiger charge is 2.23. The van der Waals surface area contributed by atoms with Crippen LogP contribution in [0.25, 0.3) is 0 Å². The molecule has 6 nitrogen and oxygen atoms in total. The first kappa shape index (κ1) is 18.7. The molecule has 1 heterocycles. The van der Waals surface area contributed by atoms with Crippen LogP contribution in [0, 0.1) is 13.8 Å². The second kappa shape index (κ2) is 7.53. The zero-order valence-corrected chi connectivity index (χ0v) is 15.3. The molecule has 0 saturated heterocycles. The van der Waals surface area contributed by atoms with E-state index in [2.05, 4.69) is 10.3 Å². The number of halogens is 1. The number of benzene rings is 1. The summed E-state index contributed by atoms with van der Waals surface area (Å²) in [7, 11) is 1.53. The molecular formula is C18H20ClN3O3. The van der Waals surface area contributed by atoms with Gasteiger partial charge in [-0.05, 0) is 44.5 Å². The molecule has 0 saturated carbocycles. The Labute approximate surface area is 151 Å². The highest BCUT2D eigenvalue weighted by Crippen LogP contribution is 2.20. The van der Waals surface area contributed by atoms with Gasteiger partial charge in [-0.3, -0.25) is 14.4 Å². The topological polar surface area (TPSA) is 82.3 Å². The number of amides is 2. The largest absolute Gasteiger partial charge is 0.354 e. The van der Waals surface area contributed by atoms with Gasteiger partial charge in [0.2, 0.25) is 5.91 Å². The van der Waals surface area contributed by atoms with Crippen LogP contribution in [-0.4, -0.2) is 41.1 Å². The number of anilines is 1. The molecule has 2 aromatic rings. The normalized spacial score (nSPS) is 10.4. The van der Waals surface area contributed by atoms with E-state index in [-0.39, 0.29) is 24.1 Å². The highest BCUT2D eigenvalue weighted by atomic mass is 35.5. The molecule has 2 amide bonds. The lowest BCUT2D eigenvalue weighted by molar-refractivity contribution is -0.116. The maximum absolute atomic E-state index is 12.6. The molecule has 25 heavy (non-hydrogen) atoms. The summed E-state index contributed by atoms with van der Waals surface area (Å²) in [5.74, 6) is -0.799. The molecule has 0 fully saturated rings. The van der Waals surface area contributed by atoms with Crippen molar-refractivity contribution in [1.82, 2.24) is 9.88 Å². The van der Waals surface area contributed by atoms with Gasteiger partial charge in [-0.15, -0.1) is 0 Å². The Morgan fingerprint density at radius 3 is 2.48 bits per heavy atom. The molecule has 0 bridgehead atoms. The maximum Gasteiger partial charge on any atom is 0.270 e. The molecule has 0 aliphatic heterocycles. The predicted molar refractivity (Wildman–Crippen MR) is 97.3 cm³/mol. The minimum absolute atomic E-state index is 0.105. The lowest BCUT2D eigenvalue weighted by Crippen LogP contribution is -2.35. The second-order valence-corrected chi connectivity index (χ2v) is 6.34. The molecule has 0 spiro atoms. The molecular weight excluding hydrogens is 342 g/mol. The van der Waals surface area contributed by atoms with E-state index in [9.17, 15) is 14.4 Å². The predicted octanol–water partition coefficient (Wildman–Crippen LogP) is 3.20. The SMILES string of the molecule is CC(=O)c1c(C)[nH]c(C(=O)N(C)CC(=O)Nc2cccc(Cl)c2)c1C. The number of H-pyrrole nitrogens is 1. The van der Waals surface area contributed by atoms with Gasteiger partial charge >= 0.3 is 0 Å². The Bertz CT molecular complexity index is 842. The second-order valence-electron chi connectivity index (χ2n) is 5.90. The first-order valence-corrected chi connectivity index (χ1v) is 8.09. The summed E-state index contributed by atoms with van der Waals surface area (Å²) in [6, 6.07) is 6.76. The number of ketones is 1. The number of Topliss-reactive ketones (excluding diaryl/α,β-unsaturated/α-hetero) is 1. The fourth-order valence-corrected chi connectivity index (χ4v) is 2.93. The lowest BCUT2D eigenvalue weighted by Gasteiger charge is -2.16. The molecule has 0 atom stereocenters. The molecule has 0 aliphatic rings. The molecule has 0 radical (unpaired) electrons. The number of likely N-dealkylation sites (N-methyl/N-ethyl adjacent to an activating group) is 1. The van der Waals surface area contributed by atoms with Crippen molar-refractivity contribution in [3.05, 3.63) is 51.8 Å². The minimum atomic E-state index is -0.352. The number of nitrogens with one attached hydrogen (secondary N) is 2. The Balaban J connectivity index is 2.09. The average molecular weight is 362 g/mol. The highest BCUT2D eigenvalue weighted by molar-refractivity contribution is 6.30. The number of aromatic amines is 1. The molecule has 0 aliphatic carbocycles. The van der Waals surface area contributed by atoms with Crippen LogP contribution in [-0.2, 0) is 4.79 Å². The standard InChI is InChI=1S/C18H20ClN3O3/c1-10-16(12(3)23)11(2)20-17(10)18(25)22(4)9-15(24)21-14-7-5-6-13(19)8-14/h5-8,20H,9H2,1-4H3,(H,21,24). The Kier molecular flexibility index (Phi) is 5.64. The van der Waals surface area contributed by atoms with Crippen molar-refractivity contribution in [2.75, 3.05) is 18.9 Å². The third-order valence-electron chi connectivity index (χ3n) is 3.84. The van der Waals surface area contributed by atoms with Gasteiger partial charge in [-0.1, -0.05) is 17.7 Å². The van der Waals surface area contributed by atoms with Gasteiger partial charge in [0.1, 0.15) is 5.69 Å². The number of hydrogen-bond donors (Lipinski definition) is 2. The molecule has 1 aromatic carbocycles. The van der Waals surface area contributed by atoms with Crippen molar-refractivity contribution >= 4 is 34.9 Å². The fourth-order valence-electron chi connectivity index (χ4n) is 2.74. The van der Waals surface area contributed by atoms with Gasteiger partial charge in [0.15, 0.2) is 5.78 Å². The molecule has 7 heteroatoms. The molecule has 1 aromatic heterocycles. The zero-order valence-electron chi connectivity index (χ0n) is 14.6. The van der Waals surface area contributed by atoms with Crippen LogP contribution < -0.4 is 5.32 Å². The Hall–Kier alpha value is -2.60. The van der Waals surface area contributed by atoms with Crippen molar-refractivity contribution in [2.45, 2.75) is 20.8 Å². The number of aryl methyl sites for hydroxylation is 1. The van der Waals surface area contributed by atoms with Crippen LogP contribution in [0.15, 0.2) is 24.3 Å². The minimum Gasteiger partial charge on any atom is -0.354 e. The van der Waals surface area contributed by atoms with Gasteiger partial charge in [0, 0.05) is 29.0 Å². The van der Waals surface area contributed by atoms with E-state index in [1.54, 1.807) is 38.1 Å². The fraction of sp³-hybridized carbons (Fsp3) is 0.278. The molecule has 0 unspecified atom stereocenters. The summed E-state index contributed by atoms with van der Waals surface area (Å²) in [4.78, 5) is 40.6. The van der Waals surface area contributed by atoms with Gasteiger partial charge in [-0.2, -0.15) is 0 Å². The van der Waals surface area contributed by atoms with Crippen LogP contribution in [0.2, 0.25) is 5.02 Å². The number of aromatic nitrogens is 1. The summed E-state index contributed by atoms with van der Waals surface area (Å²) in [5, 5.41) is 3.20. The summed E-state index contributed by atoms with van der Waals surface area (Å²) in [6.45, 7) is 4.79. The quantitative estimate of drug-likeness (QED) is 0.802. The van der Waals surface area contributed by atoms with Gasteiger partial charge in [0.05, 0.1) is 6.54 Å². The van der Waals surface area contributed by atoms with Crippen LogP contribution in [0.4, 0.5) is 5.69 Å². The number of hydrogen-bond acceptors (Lipinski definition) is 3. The maximum atomic E-state index is 12.6. The smallest absolute Gasteiger partial charge is 0.270 e. The molecule has 2 N–H and O–H groups in total. The van der Waals surface area contributed by atoms with Crippen molar-refractivity contribution < 1.29 is 14.4 Å². The van der Waals surface area contributed by atoms with Crippen LogP contribution >= 0.6 is 11.6 Å². The lowest BCUT2D eigenvalue weighted by atomic mass is 10.1. The monoisotopic (exact) mass is 361 g/mol. The van der Waals surface area contributed by atoms with E-state index in [0.717, 1.165) is 0 Å². The van der Waals surface area contributed by atoms with E-state index in [0.29, 0.717) is 33.2 Å². The first-order valence-electron chi connectivity index (χ1n) is 7.71. The summed E-state index contributed by atoms with van der Waals surface area (Å²) in [5.41, 5.74) is 2.63. The van der Waals surface area contributed by atoms with E-state index < -0.39 is 0 Å². The van der Waals surface area contributed by atoms with Gasteiger partial charge in [-0.25, -0.2) is 0 Å². The van der Waals surface area contributed by atoms with E-state index >= 15 is 0 Å². The summed E-state index contributed by atoms with van der Waals surface area (Å²) in [6.07, 6.45) is 0. The third-order valence-corrected chi connectivity index (χ3v) is 4.07. The van der Waals surface area contributed by atoms with Crippen molar-refractivity contribution in [3.63, 3.8) is 0 Å². The molecule has 2 rings (SSSR count). The zero-order chi connectivity index (χ0) is 18.7. The number of carbonyl (C=O) groups excluding carboxylic acids is 3. The van der Waals surface area contributed by atoms with Crippen molar-refractivity contribution in [2.24, 2.45) is 0 Å². The number of rotatable bonds is 5. The average Bonchev–Trinajstić information content (AvgIpc) is 2.81. The van der Waals surface area contributed by atoms with Crippen LogP contribution in [0.5, 0.6) is 0 Å². The Morgan fingerprint density at radius 1 is 1.24 bits per heavy atom. The third kappa shape index (κ3) is 4.28. The van der Waals surface area contributed by atoms with E-state index in [1.807, 2.05) is 0 Å². The number of nitrogens with zero attached hydrogens (tertiary/aromatic N) is 1. The van der Waals surface area contributed by atoms with Crippen molar-refractivity contribution in [1.29, 1.82) is 0 Å². The van der Waals surface area contributed by atoms with E-state index in [4.69, 9.17) is 11.6 Å². The number of carbonyl (C=O) groups is 3. The van der Waals surface area contributed by atoms with E-state index in [1.165, 1.54) is 18.9 Å². The van der Waals surface area contributed by atoms with Crippen molar-refractivity contribution in [3.8, 4) is 0 Å². The Morgan fingerprint density at radius 2 is 1.92 bits per heavy atom. The first-order chi connectivity index (χ1) is 11.7. The van der Waals surface area contributed by atoms with Gasteiger partial charge in [0.25, 0.3) is 5.91 Å². The van der Waals surface area contributed by atoms with Crippen LogP contribution in [0.1, 0.15) is 39.0 Å². The summed E-state index contributed by atoms with van der Waals surface area (Å²) >= 11 is 5.88.